The zero-order chi connectivity index (χ0) is 15.5. The van der Waals surface area contributed by atoms with Gasteiger partial charge in [-0.1, -0.05) is 18.2 Å². The number of ether oxygens (including phenoxy) is 2. The van der Waals surface area contributed by atoms with Gasteiger partial charge in [-0.25, -0.2) is 0 Å². The van der Waals surface area contributed by atoms with Crippen molar-refractivity contribution >= 4 is 0 Å². The third kappa shape index (κ3) is 3.59. The van der Waals surface area contributed by atoms with E-state index >= 15 is 0 Å². The Hall–Kier alpha value is -2.37. The molecule has 0 aliphatic carbocycles. The van der Waals surface area contributed by atoms with E-state index < -0.39 is 17.5 Å². The average Bonchev–Trinajstić information content (AvgIpc) is 2.45. The van der Waals surface area contributed by atoms with Gasteiger partial charge < -0.3 is 14.6 Å². The molecule has 0 heterocycles. The molecule has 1 N–H and O–H groups in total. The quantitative estimate of drug-likeness (QED) is 0.927. The molecule has 2 rings (SSSR count). The van der Waals surface area contributed by atoms with E-state index in [1.54, 1.807) is 24.3 Å². The third-order valence-corrected chi connectivity index (χ3v) is 2.86. The molecule has 2 aromatic rings. The maximum absolute atomic E-state index is 12.5. The highest BCUT2D eigenvalue weighted by molar-refractivity contribution is 5.41. The number of methoxy groups -OCH3 is 1. The fraction of sp³-hybridized carbons (Fsp3) is 0.200. The van der Waals surface area contributed by atoms with Gasteiger partial charge >= 0.3 is 6.18 Å². The van der Waals surface area contributed by atoms with Gasteiger partial charge in [-0.05, 0) is 24.3 Å². The Kier molecular flexibility index (Phi) is 4.26. The van der Waals surface area contributed by atoms with E-state index in [9.17, 15) is 18.3 Å². The van der Waals surface area contributed by atoms with Crippen LogP contribution in [0.2, 0.25) is 0 Å². The highest BCUT2D eigenvalue weighted by atomic mass is 19.4. The Bertz CT molecular complexity index is 624. The summed E-state index contributed by atoms with van der Waals surface area (Å²) < 4.78 is 48.0. The lowest BCUT2D eigenvalue weighted by molar-refractivity contribution is -0.137. The van der Waals surface area contributed by atoms with E-state index in [1.807, 2.05) is 0 Å². The van der Waals surface area contributed by atoms with Gasteiger partial charge in [-0.15, -0.1) is 0 Å². The van der Waals surface area contributed by atoms with Crippen LogP contribution in [-0.4, -0.2) is 12.2 Å². The summed E-state index contributed by atoms with van der Waals surface area (Å²) in [4.78, 5) is 0. The molecule has 3 nitrogen and oxygen atoms in total. The Labute approximate surface area is 119 Å². The normalized spacial score (nSPS) is 11.2. The van der Waals surface area contributed by atoms with Gasteiger partial charge in [0.1, 0.15) is 12.4 Å². The predicted octanol–water partition coefficient (Wildman–Crippen LogP) is 4.00. The van der Waals surface area contributed by atoms with Crippen LogP contribution in [0.15, 0.2) is 42.5 Å². The van der Waals surface area contributed by atoms with Crippen molar-refractivity contribution in [1.82, 2.24) is 0 Å². The Balaban J connectivity index is 2.14. The van der Waals surface area contributed by atoms with Crippen LogP contribution in [0, 0.1) is 0 Å². The van der Waals surface area contributed by atoms with Gasteiger partial charge in [0, 0.05) is 5.56 Å². The lowest BCUT2D eigenvalue weighted by Gasteiger charge is -2.12. The van der Waals surface area contributed by atoms with Crippen LogP contribution in [-0.2, 0) is 12.8 Å². The molecule has 0 aliphatic rings. The van der Waals surface area contributed by atoms with Gasteiger partial charge in [-0.3, -0.25) is 0 Å². The number of hydrogen-bond acceptors (Lipinski definition) is 3. The van der Waals surface area contributed by atoms with Crippen LogP contribution in [0.1, 0.15) is 11.1 Å². The highest BCUT2D eigenvalue weighted by Crippen LogP contribution is 2.33. The topological polar surface area (TPSA) is 38.7 Å². The van der Waals surface area contributed by atoms with Crippen molar-refractivity contribution < 1.29 is 27.8 Å². The van der Waals surface area contributed by atoms with Crippen molar-refractivity contribution in [1.29, 1.82) is 0 Å². The summed E-state index contributed by atoms with van der Waals surface area (Å²) in [7, 11) is 1.48. The first kappa shape index (κ1) is 15.0. The number of phenols is 1. The molecular weight excluding hydrogens is 285 g/mol. The molecular formula is C15H13F3O3. The number of hydrogen-bond donors (Lipinski definition) is 1. The van der Waals surface area contributed by atoms with Crippen molar-refractivity contribution in [3.8, 4) is 17.2 Å². The van der Waals surface area contributed by atoms with Crippen molar-refractivity contribution in [3.05, 3.63) is 53.6 Å². The maximum atomic E-state index is 12.5. The number of benzene rings is 2. The highest BCUT2D eigenvalue weighted by Gasteiger charge is 2.31. The van der Waals surface area contributed by atoms with Crippen LogP contribution in [0.5, 0.6) is 17.2 Å². The fourth-order valence-corrected chi connectivity index (χ4v) is 1.76. The van der Waals surface area contributed by atoms with Crippen LogP contribution in [0.4, 0.5) is 13.2 Å². The second kappa shape index (κ2) is 5.95. The number of rotatable bonds is 4. The molecule has 0 saturated heterocycles. The first-order valence-corrected chi connectivity index (χ1v) is 6.06. The summed E-state index contributed by atoms with van der Waals surface area (Å²) in [6.07, 6.45) is -4.49. The second-order valence-electron chi connectivity index (χ2n) is 4.28. The van der Waals surface area contributed by atoms with Gasteiger partial charge in [0.15, 0.2) is 11.5 Å². The largest absolute Gasteiger partial charge is 0.508 e. The zero-order valence-corrected chi connectivity index (χ0v) is 11.1. The first-order valence-electron chi connectivity index (χ1n) is 6.06. The molecule has 21 heavy (non-hydrogen) atoms. The first-order chi connectivity index (χ1) is 9.91. The molecule has 0 aliphatic heterocycles. The lowest BCUT2D eigenvalue weighted by Crippen LogP contribution is -2.05. The summed E-state index contributed by atoms with van der Waals surface area (Å²) in [5.41, 5.74) is -0.644. The zero-order valence-electron chi connectivity index (χ0n) is 11.1. The van der Waals surface area contributed by atoms with E-state index in [2.05, 4.69) is 0 Å². The van der Waals surface area contributed by atoms with Crippen LogP contribution in [0.3, 0.4) is 0 Å². The third-order valence-electron chi connectivity index (χ3n) is 2.86. The molecule has 0 radical (unpaired) electrons. The Morgan fingerprint density at radius 2 is 1.71 bits per heavy atom. The standard InChI is InChI=1S/C15H13F3O3/c1-20-13-4-2-3-5-14(13)21-9-10-6-7-11(8-12(10)19)15(16,17)18/h2-8,19H,9H2,1H3. The molecule has 0 spiro atoms. The van der Waals surface area contributed by atoms with Crippen LogP contribution in [0.25, 0.3) is 0 Å². The molecule has 0 aromatic heterocycles. The van der Waals surface area contributed by atoms with Gasteiger partial charge in [0.2, 0.25) is 0 Å². The summed E-state index contributed by atoms with van der Waals surface area (Å²) in [6, 6.07) is 9.64. The molecule has 0 atom stereocenters. The number of halogens is 3. The lowest BCUT2D eigenvalue weighted by atomic mass is 10.1. The van der Waals surface area contributed by atoms with E-state index in [1.165, 1.54) is 13.2 Å². The van der Waals surface area contributed by atoms with Crippen LogP contribution >= 0.6 is 0 Å². The SMILES string of the molecule is COc1ccccc1OCc1ccc(C(F)(F)F)cc1O. The molecule has 0 fully saturated rings. The van der Waals surface area contributed by atoms with Crippen molar-refractivity contribution in [3.63, 3.8) is 0 Å². The predicted molar refractivity (Wildman–Crippen MR) is 70.4 cm³/mol. The average molecular weight is 298 g/mol. The van der Waals surface area contributed by atoms with E-state index in [4.69, 9.17) is 9.47 Å². The van der Waals surface area contributed by atoms with Crippen molar-refractivity contribution in [2.75, 3.05) is 7.11 Å². The number of phenolic OH excluding ortho intramolecular Hbond substituents is 1. The fourth-order valence-electron chi connectivity index (χ4n) is 1.76. The van der Waals surface area contributed by atoms with Crippen molar-refractivity contribution in [2.24, 2.45) is 0 Å². The smallest absolute Gasteiger partial charge is 0.416 e. The minimum absolute atomic E-state index is 0.0651. The second-order valence-corrected chi connectivity index (χ2v) is 4.28. The Morgan fingerprint density at radius 1 is 1.05 bits per heavy atom. The van der Waals surface area contributed by atoms with E-state index in [0.29, 0.717) is 17.6 Å². The van der Waals surface area contributed by atoms with Gasteiger partial charge in [0.25, 0.3) is 0 Å². The van der Waals surface area contributed by atoms with Gasteiger partial charge in [0.05, 0.1) is 12.7 Å². The summed E-state index contributed by atoms with van der Waals surface area (Å²) in [6.45, 7) is -0.0651. The maximum Gasteiger partial charge on any atom is 0.416 e. The molecule has 0 saturated carbocycles. The summed E-state index contributed by atoms with van der Waals surface area (Å²) in [5.74, 6) is 0.489. The van der Waals surface area contributed by atoms with Crippen LogP contribution < -0.4 is 9.47 Å². The summed E-state index contributed by atoms with van der Waals surface area (Å²) in [5, 5.41) is 9.65. The number of alkyl halides is 3. The van der Waals surface area contributed by atoms with Crippen molar-refractivity contribution in [2.45, 2.75) is 12.8 Å². The van der Waals surface area contributed by atoms with Gasteiger partial charge in [-0.2, -0.15) is 13.2 Å². The monoisotopic (exact) mass is 298 g/mol. The molecule has 0 amide bonds. The minimum Gasteiger partial charge on any atom is -0.508 e. The molecule has 0 bridgehead atoms. The summed E-state index contributed by atoms with van der Waals surface area (Å²) >= 11 is 0. The molecule has 0 unspecified atom stereocenters. The molecule has 2 aromatic carbocycles. The van der Waals surface area contributed by atoms with E-state index in [-0.39, 0.29) is 12.2 Å². The Morgan fingerprint density at radius 3 is 2.29 bits per heavy atom. The minimum atomic E-state index is -4.49. The number of aromatic hydroxyl groups is 1. The van der Waals surface area contributed by atoms with E-state index in [0.717, 1.165) is 6.07 Å². The molecule has 6 heteroatoms. The molecule has 112 valence electrons. The number of para-hydroxylation sites is 2.